The third-order valence-electron chi connectivity index (χ3n) is 4.45. The molecule has 1 aromatic carbocycles. The Morgan fingerprint density at radius 2 is 2.17 bits per heavy atom. The lowest BCUT2D eigenvalue weighted by Gasteiger charge is -2.36. The first-order valence-corrected chi connectivity index (χ1v) is 6.67. The van der Waals surface area contributed by atoms with Crippen LogP contribution in [0.25, 0.3) is 0 Å². The standard InChI is InChI=1S/C15H19NO2/c1-16(10-11-6-7-11)15(14(17)18)9-8-12-4-2-3-5-13(12)15/h2-5,11H,6-10H2,1H3,(H,17,18). The Labute approximate surface area is 107 Å². The summed E-state index contributed by atoms with van der Waals surface area (Å²) in [5, 5.41) is 9.77. The predicted molar refractivity (Wildman–Crippen MR) is 69.4 cm³/mol. The van der Waals surface area contributed by atoms with E-state index in [9.17, 15) is 9.90 Å². The van der Waals surface area contributed by atoms with E-state index in [1.54, 1.807) is 0 Å². The Hall–Kier alpha value is -1.35. The number of carboxylic acids is 1. The van der Waals surface area contributed by atoms with Crippen LogP contribution in [-0.4, -0.2) is 29.6 Å². The maximum Gasteiger partial charge on any atom is 0.328 e. The highest BCUT2D eigenvalue weighted by atomic mass is 16.4. The van der Waals surface area contributed by atoms with E-state index in [0.29, 0.717) is 12.3 Å². The van der Waals surface area contributed by atoms with E-state index in [1.165, 1.54) is 18.4 Å². The van der Waals surface area contributed by atoms with Crippen molar-refractivity contribution in [2.45, 2.75) is 31.2 Å². The molecule has 0 saturated heterocycles. The quantitative estimate of drug-likeness (QED) is 0.884. The van der Waals surface area contributed by atoms with Gasteiger partial charge in [0.2, 0.25) is 0 Å². The van der Waals surface area contributed by atoms with Gasteiger partial charge in [0.1, 0.15) is 5.54 Å². The Bertz CT molecular complexity index is 481. The first-order chi connectivity index (χ1) is 8.64. The van der Waals surface area contributed by atoms with Crippen molar-refractivity contribution < 1.29 is 9.90 Å². The Morgan fingerprint density at radius 3 is 2.83 bits per heavy atom. The third kappa shape index (κ3) is 1.65. The summed E-state index contributed by atoms with van der Waals surface area (Å²) in [6.45, 7) is 0.903. The van der Waals surface area contributed by atoms with Crippen LogP contribution < -0.4 is 0 Å². The van der Waals surface area contributed by atoms with Gasteiger partial charge in [0.05, 0.1) is 0 Å². The van der Waals surface area contributed by atoms with E-state index < -0.39 is 11.5 Å². The average Bonchev–Trinajstić information content (AvgIpc) is 3.07. The van der Waals surface area contributed by atoms with E-state index in [1.807, 2.05) is 25.2 Å². The zero-order valence-electron chi connectivity index (χ0n) is 10.7. The summed E-state index contributed by atoms with van der Waals surface area (Å²) in [7, 11) is 1.97. The largest absolute Gasteiger partial charge is 0.480 e. The van der Waals surface area contributed by atoms with Crippen molar-refractivity contribution in [3.63, 3.8) is 0 Å². The number of aliphatic carboxylic acids is 1. The number of fused-ring (bicyclic) bond motifs is 1. The molecule has 96 valence electrons. The molecule has 1 unspecified atom stereocenters. The van der Waals surface area contributed by atoms with Gasteiger partial charge in [0.15, 0.2) is 0 Å². The molecule has 0 spiro atoms. The number of carbonyl (C=O) groups is 1. The number of rotatable bonds is 4. The molecule has 0 aromatic heterocycles. The van der Waals surface area contributed by atoms with Gasteiger partial charge in [0, 0.05) is 6.54 Å². The molecule has 1 saturated carbocycles. The minimum Gasteiger partial charge on any atom is -0.480 e. The second-order valence-corrected chi connectivity index (χ2v) is 5.65. The van der Waals surface area contributed by atoms with Crippen LogP contribution in [0.3, 0.4) is 0 Å². The number of likely N-dealkylation sites (N-methyl/N-ethyl adjacent to an activating group) is 1. The SMILES string of the molecule is CN(CC1CC1)C1(C(=O)O)CCc2ccccc21. The van der Waals surface area contributed by atoms with E-state index in [0.717, 1.165) is 18.5 Å². The molecule has 2 aliphatic rings. The molecular weight excluding hydrogens is 226 g/mol. The molecule has 1 N–H and O–H groups in total. The molecule has 1 atom stereocenters. The van der Waals surface area contributed by atoms with E-state index in [2.05, 4.69) is 11.0 Å². The topological polar surface area (TPSA) is 40.5 Å². The Morgan fingerprint density at radius 1 is 1.44 bits per heavy atom. The van der Waals surface area contributed by atoms with Crippen LogP contribution in [0.1, 0.15) is 30.4 Å². The Kier molecular flexibility index (Phi) is 2.67. The highest BCUT2D eigenvalue weighted by Crippen LogP contribution is 2.43. The zero-order chi connectivity index (χ0) is 12.8. The third-order valence-corrected chi connectivity index (χ3v) is 4.45. The van der Waals surface area contributed by atoms with Crippen LogP contribution in [0.4, 0.5) is 0 Å². The molecule has 18 heavy (non-hydrogen) atoms. The molecule has 1 fully saturated rings. The number of hydrogen-bond donors (Lipinski definition) is 1. The van der Waals surface area contributed by atoms with Gasteiger partial charge < -0.3 is 5.11 Å². The van der Waals surface area contributed by atoms with Gasteiger partial charge in [-0.15, -0.1) is 0 Å². The minimum absolute atomic E-state index is 0.699. The number of nitrogens with zero attached hydrogens (tertiary/aromatic N) is 1. The average molecular weight is 245 g/mol. The normalized spacial score (nSPS) is 26.3. The molecule has 3 rings (SSSR count). The zero-order valence-corrected chi connectivity index (χ0v) is 10.7. The molecule has 0 bridgehead atoms. The van der Waals surface area contributed by atoms with Crippen LogP contribution in [-0.2, 0) is 16.8 Å². The molecule has 3 heteroatoms. The number of carboxylic acid groups (broad SMARTS) is 1. The van der Waals surface area contributed by atoms with Gasteiger partial charge in [-0.2, -0.15) is 0 Å². The van der Waals surface area contributed by atoms with Crippen molar-refractivity contribution in [3.05, 3.63) is 35.4 Å². The minimum atomic E-state index is -0.792. The van der Waals surface area contributed by atoms with Gasteiger partial charge in [-0.3, -0.25) is 4.90 Å². The monoisotopic (exact) mass is 245 g/mol. The summed E-state index contributed by atoms with van der Waals surface area (Å²) < 4.78 is 0. The van der Waals surface area contributed by atoms with Crippen molar-refractivity contribution in [3.8, 4) is 0 Å². The smallest absolute Gasteiger partial charge is 0.328 e. The number of benzene rings is 1. The van der Waals surface area contributed by atoms with Crippen molar-refractivity contribution in [1.82, 2.24) is 4.90 Å². The van der Waals surface area contributed by atoms with Gasteiger partial charge in [-0.1, -0.05) is 24.3 Å². The van der Waals surface area contributed by atoms with E-state index in [-0.39, 0.29) is 0 Å². The van der Waals surface area contributed by atoms with Crippen LogP contribution in [0, 0.1) is 5.92 Å². The molecule has 0 radical (unpaired) electrons. The lowest BCUT2D eigenvalue weighted by molar-refractivity contribution is -0.151. The lowest BCUT2D eigenvalue weighted by Crippen LogP contribution is -2.49. The van der Waals surface area contributed by atoms with E-state index >= 15 is 0 Å². The molecule has 0 heterocycles. The fourth-order valence-electron chi connectivity index (χ4n) is 3.22. The summed E-state index contributed by atoms with van der Waals surface area (Å²) in [6.07, 6.45) is 4.08. The van der Waals surface area contributed by atoms with Crippen LogP contribution in [0.15, 0.2) is 24.3 Å². The maximum atomic E-state index is 11.9. The fraction of sp³-hybridized carbons (Fsp3) is 0.533. The molecular formula is C15H19NO2. The van der Waals surface area contributed by atoms with Gasteiger partial charge in [-0.25, -0.2) is 4.79 Å². The molecule has 3 nitrogen and oxygen atoms in total. The summed E-state index contributed by atoms with van der Waals surface area (Å²) in [5.74, 6) is 0.00888. The highest BCUT2D eigenvalue weighted by Gasteiger charge is 2.49. The van der Waals surface area contributed by atoms with Crippen molar-refractivity contribution in [2.75, 3.05) is 13.6 Å². The first kappa shape index (κ1) is 11.7. The molecule has 0 amide bonds. The highest BCUT2D eigenvalue weighted by molar-refractivity contribution is 5.82. The Balaban J connectivity index is 1.99. The number of aryl methyl sites for hydroxylation is 1. The van der Waals surface area contributed by atoms with Gasteiger partial charge in [-0.05, 0) is 49.8 Å². The molecule has 1 aromatic rings. The van der Waals surface area contributed by atoms with Crippen LogP contribution in [0.5, 0.6) is 0 Å². The van der Waals surface area contributed by atoms with Crippen LogP contribution >= 0.6 is 0 Å². The molecule has 0 aliphatic heterocycles. The summed E-state index contributed by atoms with van der Waals surface area (Å²) in [4.78, 5) is 14.0. The second kappa shape index (κ2) is 4.09. The summed E-state index contributed by atoms with van der Waals surface area (Å²) in [5.41, 5.74) is 1.40. The van der Waals surface area contributed by atoms with E-state index in [4.69, 9.17) is 0 Å². The number of hydrogen-bond acceptors (Lipinski definition) is 2. The van der Waals surface area contributed by atoms with Gasteiger partial charge in [0.25, 0.3) is 0 Å². The lowest BCUT2D eigenvalue weighted by atomic mass is 9.90. The summed E-state index contributed by atoms with van der Waals surface area (Å²) in [6, 6.07) is 8.00. The second-order valence-electron chi connectivity index (χ2n) is 5.65. The van der Waals surface area contributed by atoms with Crippen molar-refractivity contribution >= 4 is 5.97 Å². The maximum absolute atomic E-state index is 11.9. The van der Waals surface area contributed by atoms with Gasteiger partial charge >= 0.3 is 5.97 Å². The molecule has 2 aliphatic carbocycles. The fourth-order valence-corrected chi connectivity index (χ4v) is 3.22. The van der Waals surface area contributed by atoms with Crippen molar-refractivity contribution in [1.29, 1.82) is 0 Å². The first-order valence-electron chi connectivity index (χ1n) is 6.67. The summed E-state index contributed by atoms with van der Waals surface area (Å²) >= 11 is 0. The van der Waals surface area contributed by atoms with Crippen LogP contribution in [0.2, 0.25) is 0 Å². The van der Waals surface area contributed by atoms with Crippen molar-refractivity contribution in [2.24, 2.45) is 5.92 Å². The predicted octanol–water partition coefficient (Wildman–Crippen LogP) is 2.25.